The molecule has 176 valence electrons. The molecule has 1 atom stereocenters. The fourth-order valence-corrected chi connectivity index (χ4v) is 4.95. The predicted molar refractivity (Wildman–Crippen MR) is 137 cm³/mol. The number of anilines is 2. The third-order valence-electron chi connectivity index (χ3n) is 6.45. The lowest BCUT2D eigenvalue weighted by atomic mass is 10.0. The van der Waals surface area contributed by atoms with E-state index < -0.39 is 6.04 Å². The van der Waals surface area contributed by atoms with Crippen LogP contribution in [0.2, 0.25) is 0 Å². The number of fused-ring (bicyclic) bond motifs is 3. The fourth-order valence-electron chi connectivity index (χ4n) is 4.68. The monoisotopic (exact) mass is 530 g/mol. The molecule has 2 aromatic heterocycles. The van der Waals surface area contributed by atoms with Crippen LogP contribution >= 0.6 is 15.9 Å². The Morgan fingerprint density at radius 1 is 0.971 bits per heavy atom. The Morgan fingerprint density at radius 3 is 2.46 bits per heavy atom. The standard InChI is InChI=1S/C27H23BrN4O3/c28-18-9-11-19(12-10-18)29-27(34)31(20-13-14-20)17-25(33)32-22-6-2-1-5-21(22)30-15-3-7-23(30)26(32)24-8-4-16-35-24/h1-12,15-16,20,26H,13-14,17H2,(H,29,34). The highest BCUT2D eigenvalue weighted by molar-refractivity contribution is 9.10. The van der Waals surface area contributed by atoms with Crippen LogP contribution in [-0.4, -0.2) is 34.0 Å². The van der Waals surface area contributed by atoms with Gasteiger partial charge in [0.2, 0.25) is 5.91 Å². The summed E-state index contributed by atoms with van der Waals surface area (Å²) in [7, 11) is 0. The second-order valence-corrected chi connectivity index (χ2v) is 9.69. The maximum Gasteiger partial charge on any atom is 0.322 e. The van der Waals surface area contributed by atoms with Crippen LogP contribution in [-0.2, 0) is 4.79 Å². The van der Waals surface area contributed by atoms with Crippen molar-refractivity contribution < 1.29 is 14.0 Å². The number of carbonyl (C=O) groups is 2. The molecule has 2 aliphatic rings. The minimum absolute atomic E-state index is 0.0285. The van der Waals surface area contributed by atoms with Crippen LogP contribution in [0.5, 0.6) is 0 Å². The number of amides is 3. The quantitative estimate of drug-likeness (QED) is 0.345. The first-order valence-electron chi connectivity index (χ1n) is 11.6. The molecule has 1 aliphatic heterocycles. The van der Waals surface area contributed by atoms with Gasteiger partial charge in [0.1, 0.15) is 18.3 Å². The number of urea groups is 1. The zero-order valence-corrected chi connectivity index (χ0v) is 20.4. The Kier molecular flexibility index (Phi) is 5.45. The molecule has 0 saturated heterocycles. The molecule has 0 bridgehead atoms. The van der Waals surface area contributed by atoms with E-state index in [0.29, 0.717) is 11.4 Å². The summed E-state index contributed by atoms with van der Waals surface area (Å²) in [6.07, 6.45) is 5.40. The summed E-state index contributed by atoms with van der Waals surface area (Å²) < 4.78 is 8.81. The van der Waals surface area contributed by atoms with E-state index in [2.05, 4.69) is 25.8 Å². The summed E-state index contributed by atoms with van der Waals surface area (Å²) in [5, 5.41) is 2.94. The van der Waals surface area contributed by atoms with E-state index in [1.54, 1.807) is 16.1 Å². The normalized spacial score (nSPS) is 16.4. The topological polar surface area (TPSA) is 70.7 Å². The average Bonchev–Trinajstić information content (AvgIpc) is 3.34. The Morgan fingerprint density at radius 2 is 1.74 bits per heavy atom. The molecule has 0 radical (unpaired) electrons. The van der Waals surface area contributed by atoms with Gasteiger partial charge in [0.05, 0.1) is 23.3 Å². The molecule has 2 aromatic carbocycles. The molecule has 1 aliphatic carbocycles. The molecular weight excluding hydrogens is 508 g/mol. The number of furan rings is 1. The Bertz CT molecular complexity index is 1380. The third-order valence-corrected chi connectivity index (χ3v) is 6.98. The van der Waals surface area contributed by atoms with E-state index in [1.807, 2.05) is 79.0 Å². The van der Waals surface area contributed by atoms with Crippen molar-refractivity contribution in [3.8, 4) is 5.69 Å². The second kappa shape index (κ2) is 8.78. The van der Waals surface area contributed by atoms with Gasteiger partial charge in [-0.05, 0) is 73.5 Å². The van der Waals surface area contributed by atoms with Gasteiger partial charge in [0, 0.05) is 22.4 Å². The van der Waals surface area contributed by atoms with Crippen LogP contribution < -0.4 is 10.2 Å². The van der Waals surface area contributed by atoms with Crippen molar-refractivity contribution in [1.29, 1.82) is 0 Å². The van der Waals surface area contributed by atoms with Gasteiger partial charge >= 0.3 is 6.03 Å². The lowest BCUT2D eigenvalue weighted by Crippen LogP contribution is -2.48. The zero-order valence-electron chi connectivity index (χ0n) is 18.8. The maximum atomic E-state index is 14.0. The molecule has 1 saturated carbocycles. The molecule has 0 spiro atoms. The molecule has 3 amide bonds. The van der Waals surface area contributed by atoms with E-state index in [0.717, 1.165) is 34.4 Å². The first kappa shape index (κ1) is 21.7. The molecule has 4 aromatic rings. The van der Waals surface area contributed by atoms with Crippen molar-refractivity contribution in [3.05, 3.63) is 101 Å². The van der Waals surface area contributed by atoms with Crippen molar-refractivity contribution in [2.45, 2.75) is 24.9 Å². The van der Waals surface area contributed by atoms with Crippen LogP contribution in [0.1, 0.15) is 30.3 Å². The van der Waals surface area contributed by atoms with Gasteiger partial charge in [0.15, 0.2) is 0 Å². The summed E-state index contributed by atoms with van der Waals surface area (Å²) in [5.41, 5.74) is 3.32. The Labute approximate surface area is 211 Å². The van der Waals surface area contributed by atoms with Crippen molar-refractivity contribution in [1.82, 2.24) is 9.47 Å². The van der Waals surface area contributed by atoms with Crippen molar-refractivity contribution in [2.24, 2.45) is 0 Å². The first-order valence-corrected chi connectivity index (χ1v) is 12.3. The molecule has 8 heteroatoms. The van der Waals surface area contributed by atoms with Crippen LogP contribution in [0.3, 0.4) is 0 Å². The number of nitrogens with zero attached hydrogens (tertiary/aromatic N) is 3. The minimum atomic E-state index is -0.432. The molecule has 1 N–H and O–H groups in total. The summed E-state index contributed by atoms with van der Waals surface area (Å²) in [4.78, 5) is 30.6. The molecule has 1 fully saturated rings. The molecule has 1 unspecified atom stereocenters. The lowest BCUT2D eigenvalue weighted by molar-refractivity contribution is -0.119. The highest BCUT2D eigenvalue weighted by atomic mass is 79.9. The largest absolute Gasteiger partial charge is 0.467 e. The smallest absolute Gasteiger partial charge is 0.322 e. The van der Waals surface area contributed by atoms with Crippen LogP contribution in [0.15, 0.2) is 94.1 Å². The lowest BCUT2D eigenvalue weighted by Gasteiger charge is -2.38. The SMILES string of the molecule is O=C(Nc1ccc(Br)cc1)N(CC(=O)N1c2ccccc2-n2cccc2C1c1ccco1)C1CC1. The number of benzene rings is 2. The highest BCUT2D eigenvalue weighted by Gasteiger charge is 2.40. The van der Waals surface area contributed by atoms with Crippen molar-refractivity contribution in [3.63, 3.8) is 0 Å². The molecule has 7 nitrogen and oxygen atoms in total. The third kappa shape index (κ3) is 4.04. The van der Waals surface area contributed by atoms with Crippen LogP contribution in [0, 0.1) is 0 Å². The van der Waals surface area contributed by atoms with Gasteiger partial charge in [-0.15, -0.1) is 0 Å². The molecular formula is C27H23BrN4O3. The van der Waals surface area contributed by atoms with Crippen LogP contribution in [0.4, 0.5) is 16.2 Å². The van der Waals surface area contributed by atoms with E-state index in [4.69, 9.17) is 4.42 Å². The number of hydrogen-bond acceptors (Lipinski definition) is 3. The predicted octanol–water partition coefficient (Wildman–Crippen LogP) is 5.97. The number of halogens is 1. The maximum absolute atomic E-state index is 14.0. The molecule has 3 heterocycles. The summed E-state index contributed by atoms with van der Waals surface area (Å²) in [6.45, 7) is -0.0285. The van der Waals surface area contributed by atoms with Gasteiger partial charge < -0.3 is 19.2 Å². The molecule has 6 rings (SSSR count). The first-order chi connectivity index (χ1) is 17.1. The van der Waals surface area contributed by atoms with E-state index >= 15 is 0 Å². The van der Waals surface area contributed by atoms with Crippen molar-refractivity contribution >= 4 is 39.2 Å². The summed E-state index contributed by atoms with van der Waals surface area (Å²) in [6, 6.07) is 22.3. The number of hydrogen-bond donors (Lipinski definition) is 1. The van der Waals surface area contributed by atoms with E-state index in [-0.39, 0.29) is 24.5 Å². The van der Waals surface area contributed by atoms with Gasteiger partial charge in [-0.25, -0.2) is 4.79 Å². The fraction of sp³-hybridized carbons (Fsp3) is 0.185. The highest BCUT2D eigenvalue weighted by Crippen LogP contribution is 2.42. The number of carbonyl (C=O) groups excluding carboxylic acids is 2. The number of para-hydroxylation sites is 2. The van der Waals surface area contributed by atoms with Crippen molar-refractivity contribution in [2.75, 3.05) is 16.8 Å². The van der Waals surface area contributed by atoms with Gasteiger partial charge in [-0.1, -0.05) is 28.1 Å². The number of aromatic nitrogens is 1. The number of nitrogens with one attached hydrogen (secondary N) is 1. The minimum Gasteiger partial charge on any atom is -0.467 e. The number of rotatable bonds is 5. The van der Waals surface area contributed by atoms with E-state index in [1.165, 1.54) is 0 Å². The average molecular weight is 531 g/mol. The summed E-state index contributed by atoms with van der Waals surface area (Å²) in [5.74, 6) is 0.509. The molecule has 35 heavy (non-hydrogen) atoms. The van der Waals surface area contributed by atoms with Crippen LogP contribution in [0.25, 0.3) is 5.69 Å². The summed E-state index contributed by atoms with van der Waals surface area (Å²) >= 11 is 3.41. The zero-order chi connectivity index (χ0) is 23.9. The van der Waals surface area contributed by atoms with Gasteiger partial charge in [-0.3, -0.25) is 9.69 Å². The van der Waals surface area contributed by atoms with Gasteiger partial charge in [-0.2, -0.15) is 0 Å². The van der Waals surface area contributed by atoms with E-state index in [9.17, 15) is 9.59 Å². The Balaban J connectivity index is 1.33. The van der Waals surface area contributed by atoms with Gasteiger partial charge in [0.25, 0.3) is 0 Å². The Hall–Kier alpha value is -3.78. The second-order valence-electron chi connectivity index (χ2n) is 8.77.